The number of aromatic amines is 1. The molecule has 0 saturated carbocycles. The molecule has 1 aromatic heterocycles. The second-order valence-corrected chi connectivity index (χ2v) is 10.0. The monoisotopic (exact) mass is 560 g/mol. The molecule has 8 rings (SSSR count). The number of amides is 3. The fraction of sp³-hybridized carbons (Fsp3) is 0.333. The molecule has 5 aliphatic heterocycles. The van der Waals surface area contributed by atoms with Crippen LogP contribution in [0.15, 0.2) is 65.6 Å². The SMILES string of the molecule is COc1cc2ccc1OCC(=O)N[C@@H]1CN(C(=O)c3cc[nH]c(=O)c3)CC[C@H]1Oc1ccc(cc1)CNC(=O)CC2. The average molecular weight is 561 g/mol. The molecule has 0 aliphatic carbocycles. The van der Waals surface area contributed by atoms with Crippen molar-refractivity contribution < 1.29 is 28.6 Å². The smallest absolute Gasteiger partial charge is 0.258 e. The van der Waals surface area contributed by atoms with Gasteiger partial charge in [0.15, 0.2) is 18.1 Å². The van der Waals surface area contributed by atoms with Crippen molar-refractivity contribution >= 4 is 17.7 Å². The highest BCUT2D eigenvalue weighted by atomic mass is 16.5. The summed E-state index contributed by atoms with van der Waals surface area (Å²) in [5, 5.41) is 5.92. The Kier molecular flexibility index (Phi) is 8.52. The number of likely N-dealkylation sites (tertiary alicyclic amines) is 1. The summed E-state index contributed by atoms with van der Waals surface area (Å²) in [5.41, 5.74) is 1.73. The minimum absolute atomic E-state index is 0.0695. The van der Waals surface area contributed by atoms with Crippen LogP contribution in [0.2, 0.25) is 0 Å². The highest BCUT2D eigenvalue weighted by Crippen LogP contribution is 2.29. The molecular formula is C30H32N4O7. The lowest BCUT2D eigenvalue weighted by molar-refractivity contribution is -0.125. The van der Waals surface area contributed by atoms with Crippen LogP contribution >= 0.6 is 0 Å². The number of methoxy groups -OCH3 is 1. The van der Waals surface area contributed by atoms with Gasteiger partial charge in [-0.2, -0.15) is 0 Å². The Hall–Kier alpha value is -4.80. The van der Waals surface area contributed by atoms with Gasteiger partial charge in [0.1, 0.15) is 11.9 Å². The minimum Gasteiger partial charge on any atom is -0.493 e. The average Bonchev–Trinajstić information content (AvgIpc) is 2.98. The number of H-pyrrole nitrogens is 1. The maximum absolute atomic E-state index is 13.2. The standard InChI is InChI=1S/C30H32N4O7/c1-39-26-14-19-4-8-25(26)40-18-29(37)33-23-17-34(30(38)21-10-12-31-28(36)15-21)13-11-24(23)41-22-6-2-20(3-7-22)16-32-27(35)9-5-19/h2-4,6-8,10,12,14-15,23-24H,5,9,11,13,16-18H2,1H3,(H,31,36)(H,32,35)(H,33,37)/t23-,24-/m1/s1. The van der Waals surface area contributed by atoms with Gasteiger partial charge in [0.2, 0.25) is 11.5 Å². The number of carbonyl (C=O) groups is 3. The normalized spacial score (nSPS) is 19.7. The summed E-state index contributed by atoms with van der Waals surface area (Å²) in [4.78, 5) is 54.5. The minimum atomic E-state index is -0.542. The van der Waals surface area contributed by atoms with E-state index in [2.05, 4.69) is 15.6 Å². The van der Waals surface area contributed by atoms with E-state index in [0.717, 1.165) is 11.1 Å². The molecule has 0 unspecified atom stereocenters. The van der Waals surface area contributed by atoms with Gasteiger partial charge in [-0.1, -0.05) is 18.2 Å². The largest absolute Gasteiger partial charge is 0.493 e. The van der Waals surface area contributed by atoms with Crippen molar-refractivity contribution in [3.05, 3.63) is 87.8 Å². The quantitative estimate of drug-likeness (QED) is 0.434. The van der Waals surface area contributed by atoms with Crippen LogP contribution in [0.3, 0.4) is 0 Å². The predicted octanol–water partition coefficient (Wildman–Crippen LogP) is 1.80. The van der Waals surface area contributed by atoms with Crippen LogP contribution in [0.5, 0.6) is 17.2 Å². The Labute approximate surface area is 236 Å². The topological polar surface area (TPSA) is 139 Å². The van der Waals surface area contributed by atoms with E-state index in [1.807, 2.05) is 30.3 Å². The fourth-order valence-electron chi connectivity index (χ4n) is 4.94. The third-order valence-corrected chi connectivity index (χ3v) is 7.13. The number of benzene rings is 2. The molecule has 1 fully saturated rings. The van der Waals surface area contributed by atoms with Crippen molar-refractivity contribution in [3.63, 3.8) is 0 Å². The van der Waals surface area contributed by atoms with Crippen LogP contribution in [0.1, 0.15) is 34.3 Å². The Bertz CT molecular complexity index is 1470. The number of pyridine rings is 1. The number of hydrogen-bond donors (Lipinski definition) is 3. The molecule has 0 spiro atoms. The number of nitrogens with one attached hydrogen (secondary N) is 3. The number of carbonyl (C=O) groups excluding carboxylic acids is 3. The fourth-order valence-corrected chi connectivity index (χ4v) is 4.94. The zero-order chi connectivity index (χ0) is 28.8. The lowest BCUT2D eigenvalue weighted by atomic mass is 10.0. The van der Waals surface area contributed by atoms with Gasteiger partial charge in [-0.05, 0) is 47.9 Å². The summed E-state index contributed by atoms with van der Waals surface area (Å²) in [5.74, 6) is 0.698. The van der Waals surface area contributed by atoms with E-state index in [1.54, 1.807) is 23.1 Å². The molecule has 1 saturated heterocycles. The predicted molar refractivity (Wildman–Crippen MR) is 149 cm³/mol. The molecule has 5 aliphatic rings. The van der Waals surface area contributed by atoms with Crippen LogP contribution < -0.4 is 30.4 Å². The summed E-state index contributed by atoms with van der Waals surface area (Å²) in [7, 11) is 1.51. The van der Waals surface area contributed by atoms with Crippen molar-refractivity contribution in [2.24, 2.45) is 0 Å². The molecule has 214 valence electrons. The summed E-state index contributed by atoms with van der Waals surface area (Å²) < 4.78 is 17.5. The number of rotatable bonds is 2. The maximum Gasteiger partial charge on any atom is 0.258 e. The van der Waals surface area contributed by atoms with E-state index in [-0.39, 0.29) is 42.0 Å². The highest BCUT2D eigenvalue weighted by molar-refractivity contribution is 5.94. The zero-order valence-electron chi connectivity index (χ0n) is 22.7. The second kappa shape index (κ2) is 12.6. The van der Waals surface area contributed by atoms with Crippen LogP contribution in [-0.4, -0.2) is 66.6 Å². The Morgan fingerprint density at radius 3 is 2.56 bits per heavy atom. The van der Waals surface area contributed by atoms with Gasteiger partial charge in [0.05, 0.1) is 13.2 Å². The summed E-state index contributed by atoms with van der Waals surface area (Å²) >= 11 is 0. The van der Waals surface area contributed by atoms with E-state index < -0.39 is 12.1 Å². The lowest BCUT2D eigenvalue weighted by Crippen LogP contribution is -2.58. The molecule has 4 bridgehead atoms. The number of aromatic nitrogens is 1. The summed E-state index contributed by atoms with van der Waals surface area (Å²) in [6, 6.07) is 15.0. The molecule has 3 N–H and O–H groups in total. The molecule has 3 amide bonds. The first-order valence-electron chi connectivity index (χ1n) is 13.5. The van der Waals surface area contributed by atoms with E-state index in [0.29, 0.717) is 49.6 Å². The third kappa shape index (κ3) is 7.05. The number of aryl methyl sites for hydroxylation is 1. The molecule has 0 radical (unpaired) electrons. The van der Waals surface area contributed by atoms with Gasteiger partial charge in [-0.25, -0.2) is 0 Å². The number of hydrogen-bond acceptors (Lipinski definition) is 7. The third-order valence-electron chi connectivity index (χ3n) is 7.13. The first kappa shape index (κ1) is 27.8. The number of nitrogens with zero attached hydrogens (tertiary/aromatic N) is 1. The Morgan fingerprint density at radius 1 is 0.976 bits per heavy atom. The van der Waals surface area contributed by atoms with E-state index >= 15 is 0 Å². The lowest BCUT2D eigenvalue weighted by Gasteiger charge is -2.38. The zero-order valence-corrected chi connectivity index (χ0v) is 22.7. The highest BCUT2D eigenvalue weighted by Gasteiger charge is 2.34. The van der Waals surface area contributed by atoms with Crippen molar-refractivity contribution in [2.45, 2.75) is 38.0 Å². The molecule has 11 nitrogen and oxygen atoms in total. The summed E-state index contributed by atoms with van der Waals surface area (Å²) in [6.45, 7) is 0.672. The van der Waals surface area contributed by atoms with Crippen molar-refractivity contribution in [3.8, 4) is 17.2 Å². The molecule has 3 aromatic rings. The van der Waals surface area contributed by atoms with Gasteiger partial charge in [0, 0.05) is 50.3 Å². The molecule has 41 heavy (non-hydrogen) atoms. The Morgan fingerprint density at radius 2 is 1.78 bits per heavy atom. The van der Waals surface area contributed by atoms with E-state index in [9.17, 15) is 19.2 Å². The van der Waals surface area contributed by atoms with Gasteiger partial charge >= 0.3 is 0 Å². The van der Waals surface area contributed by atoms with Gasteiger partial charge in [-0.15, -0.1) is 0 Å². The first-order chi connectivity index (χ1) is 19.9. The van der Waals surface area contributed by atoms with Gasteiger partial charge in [-0.3, -0.25) is 19.2 Å². The Balaban J connectivity index is 1.38. The van der Waals surface area contributed by atoms with Crippen LogP contribution in [0, 0.1) is 0 Å². The summed E-state index contributed by atoms with van der Waals surface area (Å²) in [6.07, 6.45) is 2.29. The molecule has 6 heterocycles. The van der Waals surface area contributed by atoms with Crippen LogP contribution in [0.4, 0.5) is 0 Å². The second-order valence-electron chi connectivity index (χ2n) is 10.0. The van der Waals surface area contributed by atoms with E-state index in [4.69, 9.17) is 14.2 Å². The molecule has 2 atom stereocenters. The van der Waals surface area contributed by atoms with Crippen molar-refractivity contribution in [1.82, 2.24) is 20.5 Å². The molecular weight excluding hydrogens is 528 g/mol. The van der Waals surface area contributed by atoms with Gasteiger partial charge in [0.25, 0.3) is 11.8 Å². The number of ether oxygens (including phenoxy) is 3. The van der Waals surface area contributed by atoms with Crippen molar-refractivity contribution in [2.75, 3.05) is 26.8 Å². The number of piperidine rings is 1. The van der Waals surface area contributed by atoms with Crippen LogP contribution in [0.25, 0.3) is 0 Å². The maximum atomic E-state index is 13.2. The van der Waals surface area contributed by atoms with E-state index in [1.165, 1.54) is 19.4 Å². The van der Waals surface area contributed by atoms with Crippen LogP contribution in [-0.2, 0) is 22.6 Å². The first-order valence-corrected chi connectivity index (χ1v) is 13.5. The molecule has 2 aromatic carbocycles. The van der Waals surface area contributed by atoms with Crippen molar-refractivity contribution in [1.29, 1.82) is 0 Å². The van der Waals surface area contributed by atoms with Gasteiger partial charge < -0.3 is 34.7 Å². The molecule has 11 heteroatoms.